The van der Waals surface area contributed by atoms with Crippen molar-refractivity contribution in [1.29, 1.82) is 5.26 Å². The number of hydrogen-bond acceptors (Lipinski definition) is 2. The smallest absolute Gasteiger partial charge is 0.101 e. The zero-order valence-electron chi connectivity index (χ0n) is 9.27. The summed E-state index contributed by atoms with van der Waals surface area (Å²) in [6.07, 6.45) is 3.23. The zero-order valence-corrected chi connectivity index (χ0v) is 10.8. The third-order valence-electron chi connectivity index (χ3n) is 2.41. The Balaban J connectivity index is 2.59. The van der Waals surface area contributed by atoms with Gasteiger partial charge in [0, 0.05) is 23.0 Å². The van der Waals surface area contributed by atoms with E-state index in [9.17, 15) is 5.26 Å². The number of nitrogens with zero attached hydrogens (tertiary/aromatic N) is 2. The van der Waals surface area contributed by atoms with E-state index in [1.54, 1.807) is 36.7 Å². The van der Waals surface area contributed by atoms with Crippen LogP contribution in [-0.2, 0) is 0 Å². The van der Waals surface area contributed by atoms with Crippen molar-refractivity contribution in [2.24, 2.45) is 0 Å². The van der Waals surface area contributed by atoms with Gasteiger partial charge in [-0.05, 0) is 23.8 Å². The van der Waals surface area contributed by atoms with E-state index in [1.165, 1.54) is 0 Å². The lowest BCUT2D eigenvalue weighted by molar-refractivity contribution is 1.32. The van der Waals surface area contributed by atoms with Crippen LogP contribution in [0.15, 0.2) is 48.8 Å². The molecule has 0 bridgehead atoms. The molecule has 0 atom stereocenters. The van der Waals surface area contributed by atoms with Crippen molar-refractivity contribution < 1.29 is 0 Å². The van der Waals surface area contributed by atoms with Crippen LogP contribution in [-0.4, -0.2) is 4.98 Å². The fourth-order valence-electron chi connectivity index (χ4n) is 1.53. The Morgan fingerprint density at radius 1 is 1.11 bits per heavy atom. The SMILES string of the molecule is N#C/C(=C(/Cl)c1ccccc1Cl)c1ccncc1. The lowest BCUT2D eigenvalue weighted by Crippen LogP contribution is -1.87. The highest BCUT2D eigenvalue weighted by Gasteiger charge is 2.11. The molecule has 0 saturated heterocycles. The molecule has 0 N–H and O–H groups in total. The predicted octanol–water partition coefficient (Wildman–Crippen LogP) is 4.37. The molecular formula is C14H8Cl2N2. The molecule has 88 valence electrons. The Morgan fingerprint density at radius 2 is 1.78 bits per heavy atom. The normalized spacial score (nSPS) is 11.6. The van der Waals surface area contributed by atoms with Gasteiger partial charge in [-0.3, -0.25) is 4.98 Å². The predicted molar refractivity (Wildman–Crippen MR) is 74.0 cm³/mol. The molecule has 0 amide bonds. The molecule has 0 saturated carbocycles. The standard InChI is InChI=1S/C14H8Cl2N2/c15-13-4-2-1-3-11(13)14(16)12(9-17)10-5-7-18-8-6-10/h1-8H/b14-12-. The summed E-state index contributed by atoms with van der Waals surface area (Å²) in [7, 11) is 0. The first kappa shape index (κ1) is 12.6. The lowest BCUT2D eigenvalue weighted by atomic mass is 10.0. The first-order valence-corrected chi connectivity index (χ1v) is 5.95. The van der Waals surface area contributed by atoms with E-state index in [4.69, 9.17) is 23.2 Å². The summed E-state index contributed by atoms with van der Waals surface area (Å²) in [5.41, 5.74) is 1.75. The van der Waals surface area contributed by atoms with Crippen molar-refractivity contribution in [3.05, 3.63) is 64.9 Å². The van der Waals surface area contributed by atoms with Gasteiger partial charge in [-0.1, -0.05) is 41.4 Å². The Kier molecular flexibility index (Phi) is 3.99. The molecule has 2 rings (SSSR count). The molecule has 18 heavy (non-hydrogen) atoms. The fraction of sp³-hybridized carbons (Fsp3) is 0. The number of benzene rings is 1. The summed E-state index contributed by atoms with van der Waals surface area (Å²) in [6.45, 7) is 0. The summed E-state index contributed by atoms with van der Waals surface area (Å²) >= 11 is 12.3. The van der Waals surface area contributed by atoms with Gasteiger partial charge in [0.1, 0.15) is 6.07 Å². The van der Waals surface area contributed by atoms with Crippen LogP contribution in [0.4, 0.5) is 0 Å². The van der Waals surface area contributed by atoms with Gasteiger partial charge in [0.25, 0.3) is 0 Å². The third-order valence-corrected chi connectivity index (χ3v) is 3.13. The number of rotatable bonds is 2. The molecule has 0 spiro atoms. The maximum Gasteiger partial charge on any atom is 0.101 e. The summed E-state index contributed by atoms with van der Waals surface area (Å²) in [6, 6.07) is 12.7. The topological polar surface area (TPSA) is 36.7 Å². The molecule has 2 nitrogen and oxygen atoms in total. The van der Waals surface area contributed by atoms with E-state index in [2.05, 4.69) is 11.1 Å². The molecule has 2 aromatic rings. The van der Waals surface area contributed by atoms with Crippen LogP contribution >= 0.6 is 23.2 Å². The van der Waals surface area contributed by atoms with Gasteiger partial charge in [0.15, 0.2) is 0 Å². The second kappa shape index (κ2) is 5.68. The highest BCUT2D eigenvalue weighted by Crippen LogP contribution is 2.32. The van der Waals surface area contributed by atoms with Crippen molar-refractivity contribution in [3.63, 3.8) is 0 Å². The molecule has 1 aromatic carbocycles. The molecule has 0 unspecified atom stereocenters. The molecule has 0 radical (unpaired) electrons. The summed E-state index contributed by atoms with van der Waals surface area (Å²) in [5, 5.41) is 10.1. The second-order valence-electron chi connectivity index (χ2n) is 3.52. The first-order valence-electron chi connectivity index (χ1n) is 5.19. The van der Waals surface area contributed by atoms with E-state index < -0.39 is 0 Å². The van der Waals surface area contributed by atoms with E-state index in [0.717, 1.165) is 5.56 Å². The summed E-state index contributed by atoms with van der Waals surface area (Å²) in [4.78, 5) is 3.91. The molecule has 0 aliphatic carbocycles. The van der Waals surface area contributed by atoms with Gasteiger partial charge in [-0.25, -0.2) is 0 Å². The Hall–Kier alpha value is -1.82. The Labute approximate surface area is 115 Å². The average molecular weight is 275 g/mol. The quantitative estimate of drug-likeness (QED) is 0.763. The van der Waals surface area contributed by atoms with Gasteiger partial charge in [-0.15, -0.1) is 0 Å². The van der Waals surface area contributed by atoms with Crippen LogP contribution in [0.1, 0.15) is 11.1 Å². The maximum absolute atomic E-state index is 9.25. The van der Waals surface area contributed by atoms with Crippen LogP contribution in [0.2, 0.25) is 5.02 Å². The van der Waals surface area contributed by atoms with Crippen molar-refractivity contribution in [1.82, 2.24) is 4.98 Å². The minimum atomic E-state index is 0.342. The Morgan fingerprint density at radius 3 is 2.39 bits per heavy atom. The van der Waals surface area contributed by atoms with Gasteiger partial charge in [0.05, 0.1) is 10.6 Å². The maximum atomic E-state index is 9.25. The van der Waals surface area contributed by atoms with E-state index in [1.807, 2.05) is 12.1 Å². The molecule has 0 fully saturated rings. The largest absolute Gasteiger partial charge is 0.265 e. The molecule has 1 heterocycles. The summed E-state index contributed by atoms with van der Waals surface area (Å²) < 4.78 is 0. The number of allylic oxidation sites excluding steroid dienone is 1. The van der Waals surface area contributed by atoms with Crippen LogP contribution in [0, 0.1) is 11.3 Å². The van der Waals surface area contributed by atoms with E-state index >= 15 is 0 Å². The molecule has 1 aromatic heterocycles. The van der Waals surface area contributed by atoms with Crippen LogP contribution in [0.5, 0.6) is 0 Å². The zero-order chi connectivity index (χ0) is 13.0. The van der Waals surface area contributed by atoms with E-state index in [0.29, 0.717) is 21.2 Å². The Bertz CT molecular complexity index is 628. The number of aromatic nitrogens is 1. The molecule has 4 heteroatoms. The van der Waals surface area contributed by atoms with Gasteiger partial charge in [-0.2, -0.15) is 5.26 Å². The van der Waals surface area contributed by atoms with Gasteiger partial charge >= 0.3 is 0 Å². The molecular weight excluding hydrogens is 267 g/mol. The number of pyridine rings is 1. The summed E-state index contributed by atoms with van der Waals surface area (Å²) in [5.74, 6) is 0. The van der Waals surface area contributed by atoms with Crippen LogP contribution in [0.25, 0.3) is 10.6 Å². The number of halogens is 2. The number of hydrogen-bond donors (Lipinski definition) is 0. The van der Waals surface area contributed by atoms with Gasteiger partial charge in [0.2, 0.25) is 0 Å². The van der Waals surface area contributed by atoms with Crippen LogP contribution in [0.3, 0.4) is 0 Å². The number of nitriles is 1. The highest BCUT2D eigenvalue weighted by atomic mass is 35.5. The molecule has 0 aliphatic heterocycles. The monoisotopic (exact) mass is 274 g/mol. The molecule has 0 aliphatic rings. The fourth-order valence-corrected chi connectivity index (χ4v) is 2.13. The second-order valence-corrected chi connectivity index (χ2v) is 4.30. The lowest BCUT2D eigenvalue weighted by Gasteiger charge is -2.05. The average Bonchev–Trinajstić information content (AvgIpc) is 2.41. The van der Waals surface area contributed by atoms with Crippen LogP contribution < -0.4 is 0 Å². The van der Waals surface area contributed by atoms with Crippen molar-refractivity contribution in [2.45, 2.75) is 0 Å². The minimum Gasteiger partial charge on any atom is -0.265 e. The van der Waals surface area contributed by atoms with Crippen molar-refractivity contribution in [2.75, 3.05) is 0 Å². The minimum absolute atomic E-state index is 0.342. The van der Waals surface area contributed by atoms with Crippen molar-refractivity contribution in [3.8, 4) is 6.07 Å². The van der Waals surface area contributed by atoms with Gasteiger partial charge < -0.3 is 0 Å². The van der Waals surface area contributed by atoms with E-state index in [-0.39, 0.29) is 0 Å². The highest BCUT2D eigenvalue weighted by molar-refractivity contribution is 6.54. The third kappa shape index (κ3) is 2.53. The first-order chi connectivity index (χ1) is 8.74. The van der Waals surface area contributed by atoms with Crippen molar-refractivity contribution >= 4 is 33.8 Å².